The second-order valence-electron chi connectivity index (χ2n) is 4.47. The fourth-order valence-corrected chi connectivity index (χ4v) is 2.24. The van der Waals surface area contributed by atoms with E-state index in [1.54, 1.807) is 12.1 Å². The Morgan fingerprint density at radius 1 is 1.33 bits per heavy atom. The largest absolute Gasteiger partial charge is 0.323 e. The van der Waals surface area contributed by atoms with Gasteiger partial charge < -0.3 is 5.32 Å². The molecule has 1 aromatic carbocycles. The maximum atomic E-state index is 11.9. The zero-order chi connectivity index (χ0) is 12.4. The van der Waals surface area contributed by atoms with Gasteiger partial charge in [-0.1, -0.05) is 6.07 Å². The van der Waals surface area contributed by atoms with Gasteiger partial charge in [0.15, 0.2) is 5.52 Å². The van der Waals surface area contributed by atoms with E-state index in [-0.39, 0.29) is 5.91 Å². The van der Waals surface area contributed by atoms with Gasteiger partial charge in [-0.15, -0.1) is 0 Å². The Balaban J connectivity index is 1.71. The van der Waals surface area contributed by atoms with E-state index in [1.165, 1.54) is 12.8 Å². The summed E-state index contributed by atoms with van der Waals surface area (Å²) >= 11 is 0. The Morgan fingerprint density at radius 3 is 3.00 bits per heavy atom. The van der Waals surface area contributed by atoms with Crippen molar-refractivity contribution in [3.63, 3.8) is 0 Å². The van der Waals surface area contributed by atoms with E-state index >= 15 is 0 Å². The van der Waals surface area contributed by atoms with E-state index in [0.29, 0.717) is 23.3 Å². The average molecular weight is 246 g/mol. The molecule has 0 aliphatic carbocycles. The lowest BCUT2D eigenvalue weighted by atomic mass is 10.2. The molecule has 0 unspecified atom stereocenters. The number of anilines is 1. The molecule has 1 saturated heterocycles. The molecule has 1 amide bonds. The van der Waals surface area contributed by atoms with Crippen molar-refractivity contribution in [1.82, 2.24) is 15.2 Å². The van der Waals surface area contributed by atoms with Crippen LogP contribution < -0.4 is 5.32 Å². The van der Waals surface area contributed by atoms with Crippen LogP contribution in [-0.2, 0) is 4.79 Å². The number of amides is 1. The third kappa shape index (κ3) is 2.19. The molecule has 1 N–H and O–H groups in total. The fraction of sp³-hybridized carbons (Fsp3) is 0.417. The number of nitrogens with zero attached hydrogens (tertiary/aromatic N) is 3. The highest BCUT2D eigenvalue weighted by Crippen LogP contribution is 2.19. The molecule has 6 nitrogen and oxygen atoms in total. The molecule has 94 valence electrons. The van der Waals surface area contributed by atoms with E-state index < -0.39 is 0 Å². The Morgan fingerprint density at radius 2 is 2.17 bits per heavy atom. The molecule has 0 saturated carbocycles. The smallest absolute Gasteiger partial charge is 0.238 e. The molecule has 1 aliphatic rings. The summed E-state index contributed by atoms with van der Waals surface area (Å²) in [5, 5.41) is 10.4. The van der Waals surface area contributed by atoms with E-state index in [1.807, 2.05) is 6.07 Å². The van der Waals surface area contributed by atoms with Crippen LogP contribution in [0, 0.1) is 0 Å². The van der Waals surface area contributed by atoms with Gasteiger partial charge in [0.2, 0.25) is 5.91 Å². The maximum absolute atomic E-state index is 11.9. The van der Waals surface area contributed by atoms with Crippen LogP contribution in [0.2, 0.25) is 0 Å². The lowest BCUT2D eigenvalue weighted by Crippen LogP contribution is -2.30. The maximum Gasteiger partial charge on any atom is 0.238 e. The van der Waals surface area contributed by atoms with Gasteiger partial charge in [0, 0.05) is 0 Å². The van der Waals surface area contributed by atoms with Crippen LogP contribution in [0.1, 0.15) is 12.8 Å². The SMILES string of the molecule is O=C(CN1CCCC1)Nc1cccc2nonc12. The van der Waals surface area contributed by atoms with Gasteiger partial charge in [0.25, 0.3) is 0 Å². The number of carbonyl (C=O) groups is 1. The first-order valence-electron chi connectivity index (χ1n) is 6.06. The van der Waals surface area contributed by atoms with Crippen LogP contribution >= 0.6 is 0 Å². The average Bonchev–Trinajstić information content (AvgIpc) is 2.99. The van der Waals surface area contributed by atoms with Crippen LogP contribution in [-0.4, -0.2) is 40.8 Å². The molecule has 6 heteroatoms. The highest BCUT2D eigenvalue weighted by atomic mass is 16.6. The van der Waals surface area contributed by atoms with Gasteiger partial charge in [-0.05, 0) is 48.4 Å². The molecule has 18 heavy (non-hydrogen) atoms. The Labute approximate surface area is 104 Å². The molecule has 3 rings (SSSR count). The van der Waals surface area contributed by atoms with Crippen LogP contribution in [0.3, 0.4) is 0 Å². The standard InChI is InChI=1S/C12H14N4O2/c17-11(8-16-6-1-2-7-16)13-9-4-3-5-10-12(9)15-18-14-10/h3-5H,1-2,6-8H2,(H,13,17). The molecular weight excluding hydrogens is 232 g/mol. The Bertz CT molecular complexity index is 560. The summed E-state index contributed by atoms with van der Waals surface area (Å²) in [6.07, 6.45) is 2.35. The highest BCUT2D eigenvalue weighted by Gasteiger charge is 2.16. The normalized spacial score (nSPS) is 16.2. The Kier molecular flexibility index (Phi) is 2.93. The minimum atomic E-state index is -0.0209. The predicted molar refractivity (Wildman–Crippen MR) is 66.1 cm³/mol. The van der Waals surface area contributed by atoms with E-state index in [4.69, 9.17) is 0 Å². The first kappa shape index (κ1) is 11.2. The van der Waals surface area contributed by atoms with Crippen LogP contribution in [0.5, 0.6) is 0 Å². The van der Waals surface area contributed by atoms with Gasteiger partial charge in [0.05, 0.1) is 12.2 Å². The number of aromatic nitrogens is 2. The van der Waals surface area contributed by atoms with Crippen molar-refractivity contribution in [1.29, 1.82) is 0 Å². The van der Waals surface area contributed by atoms with Crippen molar-refractivity contribution < 1.29 is 9.42 Å². The second-order valence-corrected chi connectivity index (χ2v) is 4.47. The molecule has 1 aromatic heterocycles. The van der Waals surface area contributed by atoms with Crippen molar-refractivity contribution in [2.24, 2.45) is 0 Å². The van der Waals surface area contributed by atoms with E-state index in [2.05, 4.69) is 25.2 Å². The first-order valence-corrected chi connectivity index (χ1v) is 6.06. The topological polar surface area (TPSA) is 71.3 Å². The van der Waals surface area contributed by atoms with Gasteiger partial charge >= 0.3 is 0 Å². The number of carbonyl (C=O) groups excluding carboxylic acids is 1. The van der Waals surface area contributed by atoms with E-state index in [9.17, 15) is 4.79 Å². The van der Waals surface area contributed by atoms with Crippen LogP contribution in [0.15, 0.2) is 22.8 Å². The molecule has 0 bridgehead atoms. The van der Waals surface area contributed by atoms with Crippen molar-refractivity contribution in [2.45, 2.75) is 12.8 Å². The molecule has 2 aromatic rings. The summed E-state index contributed by atoms with van der Waals surface area (Å²) in [4.78, 5) is 14.1. The minimum absolute atomic E-state index is 0.0209. The molecule has 0 radical (unpaired) electrons. The predicted octanol–water partition coefficient (Wildman–Crippen LogP) is 1.26. The summed E-state index contributed by atoms with van der Waals surface area (Å²) in [7, 11) is 0. The van der Waals surface area contributed by atoms with Gasteiger partial charge in [-0.25, -0.2) is 4.63 Å². The summed E-state index contributed by atoms with van der Waals surface area (Å²) < 4.78 is 4.66. The van der Waals surface area contributed by atoms with Gasteiger partial charge in [-0.3, -0.25) is 9.69 Å². The summed E-state index contributed by atoms with van der Waals surface area (Å²) in [6.45, 7) is 2.44. The van der Waals surface area contributed by atoms with E-state index in [0.717, 1.165) is 13.1 Å². The molecule has 1 fully saturated rings. The molecule has 0 atom stereocenters. The van der Waals surface area contributed by atoms with Crippen LogP contribution in [0.4, 0.5) is 5.69 Å². The molecule has 0 spiro atoms. The van der Waals surface area contributed by atoms with Gasteiger partial charge in [-0.2, -0.15) is 0 Å². The van der Waals surface area contributed by atoms with Crippen molar-refractivity contribution in [3.8, 4) is 0 Å². The lowest BCUT2D eigenvalue weighted by Gasteiger charge is -2.13. The minimum Gasteiger partial charge on any atom is -0.323 e. The summed E-state index contributed by atoms with van der Waals surface area (Å²) in [5.74, 6) is -0.0209. The molecule has 2 heterocycles. The number of hydrogen-bond donors (Lipinski definition) is 1. The Hall–Kier alpha value is -1.95. The highest BCUT2D eigenvalue weighted by molar-refractivity contribution is 5.99. The van der Waals surface area contributed by atoms with Crippen molar-refractivity contribution in [2.75, 3.05) is 25.0 Å². The zero-order valence-electron chi connectivity index (χ0n) is 9.93. The number of likely N-dealkylation sites (tertiary alicyclic amines) is 1. The number of fused-ring (bicyclic) bond motifs is 1. The quantitative estimate of drug-likeness (QED) is 0.882. The first-order chi connectivity index (χ1) is 8.83. The monoisotopic (exact) mass is 246 g/mol. The third-order valence-electron chi connectivity index (χ3n) is 3.13. The number of hydrogen-bond acceptors (Lipinski definition) is 5. The molecular formula is C12H14N4O2. The lowest BCUT2D eigenvalue weighted by molar-refractivity contribution is -0.117. The third-order valence-corrected chi connectivity index (χ3v) is 3.13. The van der Waals surface area contributed by atoms with Crippen molar-refractivity contribution >= 4 is 22.6 Å². The fourth-order valence-electron chi connectivity index (χ4n) is 2.24. The van der Waals surface area contributed by atoms with Gasteiger partial charge in [0.1, 0.15) is 5.52 Å². The summed E-state index contributed by atoms with van der Waals surface area (Å²) in [6, 6.07) is 5.41. The van der Waals surface area contributed by atoms with Crippen molar-refractivity contribution in [3.05, 3.63) is 18.2 Å². The summed E-state index contributed by atoms with van der Waals surface area (Å²) in [5.41, 5.74) is 1.89. The number of rotatable bonds is 3. The van der Waals surface area contributed by atoms with Crippen LogP contribution in [0.25, 0.3) is 11.0 Å². The second kappa shape index (κ2) is 4.73. The number of nitrogens with one attached hydrogen (secondary N) is 1. The zero-order valence-corrected chi connectivity index (χ0v) is 9.93. The molecule has 1 aliphatic heterocycles. The number of benzene rings is 1.